The van der Waals surface area contributed by atoms with Crippen molar-refractivity contribution in [1.29, 1.82) is 0 Å². The van der Waals surface area contributed by atoms with Crippen molar-refractivity contribution in [2.45, 2.75) is 26.2 Å². The van der Waals surface area contributed by atoms with Crippen LogP contribution < -0.4 is 5.32 Å². The SMILES string of the molecule is Cc1nc(NC(=O)C2CCC2)sc1-c1ccccc1. The Morgan fingerprint density at radius 2 is 2.05 bits per heavy atom. The molecule has 19 heavy (non-hydrogen) atoms. The van der Waals surface area contributed by atoms with Gasteiger partial charge in [0.25, 0.3) is 0 Å². The lowest BCUT2D eigenvalue weighted by Gasteiger charge is -2.23. The molecule has 2 aromatic rings. The van der Waals surface area contributed by atoms with Crippen LogP contribution in [0.15, 0.2) is 30.3 Å². The molecule has 1 heterocycles. The summed E-state index contributed by atoms with van der Waals surface area (Å²) in [6.45, 7) is 1.98. The molecular weight excluding hydrogens is 256 g/mol. The van der Waals surface area contributed by atoms with Gasteiger partial charge in [0.15, 0.2) is 5.13 Å². The molecule has 0 unspecified atom stereocenters. The Morgan fingerprint density at radius 1 is 1.32 bits per heavy atom. The monoisotopic (exact) mass is 272 g/mol. The van der Waals surface area contributed by atoms with Crippen LogP contribution >= 0.6 is 11.3 Å². The minimum Gasteiger partial charge on any atom is -0.302 e. The van der Waals surface area contributed by atoms with E-state index in [4.69, 9.17) is 0 Å². The summed E-state index contributed by atoms with van der Waals surface area (Å²) in [6.07, 6.45) is 3.20. The second-order valence-electron chi connectivity index (χ2n) is 4.92. The predicted molar refractivity (Wildman–Crippen MR) is 78.3 cm³/mol. The Morgan fingerprint density at radius 3 is 2.68 bits per heavy atom. The Bertz CT molecular complexity index is 587. The first-order chi connectivity index (χ1) is 9.24. The van der Waals surface area contributed by atoms with Gasteiger partial charge < -0.3 is 5.32 Å². The number of rotatable bonds is 3. The fourth-order valence-electron chi connectivity index (χ4n) is 2.19. The highest BCUT2D eigenvalue weighted by molar-refractivity contribution is 7.19. The van der Waals surface area contributed by atoms with Gasteiger partial charge in [0.05, 0.1) is 10.6 Å². The highest BCUT2D eigenvalue weighted by Crippen LogP contribution is 2.34. The van der Waals surface area contributed by atoms with Crippen molar-refractivity contribution in [3.63, 3.8) is 0 Å². The fraction of sp³-hybridized carbons (Fsp3) is 0.333. The molecule has 1 aliphatic carbocycles. The zero-order chi connectivity index (χ0) is 13.2. The number of carbonyl (C=O) groups is 1. The van der Waals surface area contributed by atoms with Crippen LogP contribution in [0.2, 0.25) is 0 Å². The van der Waals surface area contributed by atoms with E-state index in [0.717, 1.165) is 29.0 Å². The first-order valence-electron chi connectivity index (χ1n) is 6.58. The van der Waals surface area contributed by atoms with Crippen LogP contribution in [0.5, 0.6) is 0 Å². The Kier molecular flexibility index (Phi) is 3.34. The van der Waals surface area contributed by atoms with E-state index in [1.807, 2.05) is 25.1 Å². The van der Waals surface area contributed by atoms with E-state index in [0.29, 0.717) is 5.13 Å². The van der Waals surface area contributed by atoms with Crippen LogP contribution in [0.3, 0.4) is 0 Å². The summed E-state index contributed by atoms with van der Waals surface area (Å²) < 4.78 is 0. The molecule has 1 amide bonds. The van der Waals surface area contributed by atoms with Gasteiger partial charge in [-0.1, -0.05) is 48.1 Å². The third kappa shape index (κ3) is 2.54. The third-order valence-corrected chi connectivity index (χ3v) is 4.66. The van der Waals surface area contributed by atoms with Gasteiger partial charge in [0.1, 0.15) is 0 Å². The number of nitrogens with one attached hydrogen (secondary N) is 1. The number of aryl methyl sites for hydroxylation is 1. The van der Waals surface area contributed by atoms with Crippen LogP contribution in [0, 0.1) is 12.8 Å². The molecule has 98 valence electrons. The molecule has 0 aliphatic heterocycles. The summed E-state index contributed by atoms with van der Waals surface area (Å²) >= 11 is 1.55. The lowest BCUT2D eigenvalue weighted by molar-refractivity contribution is -0.122. The predicted octanol–water partition coefficient (Wildman–Crippen LogP) is 3.86. The van der Waals surface area contributed by atoms with Crippen LogP contribution in [-0.2, 0) is 4.79 Å². The lowest BCUT2D eigenvalue weighted by Crippen LogP contribution is -2.27. The maximum atomic E-state index is 11.9. The smallest absolute Gasteiger partial charge is 0.229 e. The molecule has 0 saturated heterocycles. The molecule has 1 aromatic carbocycles. The van der Waals surface area contributed by atoms with E-state index in [2.05, 4.69) is 22.4 Å². The zero-order valence-electron chi connectivity index (χ0n) is 10.8. The standard InChI is InChI=1S/C15H16N2OS/c1-10-13(11-6-3-2-4-7-11)19-15(16-10)17-14(18)12-8-5-9-12/h2-4,6-7,12H,5,8-9H2,1H3,(H,16,17,18). The number of nitrogens with zero attached hydrogens (tertiary/aromatic N) is 1. The molecule has 4 heteroatoms. The maximum Gasteiger partial charge on any atom is 0.229 e. The maximum absolute atomic E-state index is 11.9. The topological polar surface area (TPSA) is 42.0 Å². The minimum atomic E-state index is 0.125. The van der Waals surface area contributed by atoms with E-state index in [-0.39, 0.29) is 11.8 Å². The second kappa shape index (κ2) is 5.13. The van der Waals surface area contributed by atoms with Gasteiger partial charge in [0.2, 0.25) is 5.91 Å². The Labute approximate surface area is 116 Å². The lowest BCUT2D eigenvalue weighted by atomic mass is 9.85. The van der Waals surface area contributed by atoms with Crippen molar-refractivity contribution in [2.24, 2.45) is 5.92 Å². The van der Waals surface area contributed by atoms with Crippen molar-refractivity contribution >= 4 is 22.4 Å². The molecule has 0 atom stereocenters. The van der Waals surface area contributed by atoms with E-state index in [9.17, 15) is 4.79 Å². The molecular formula is C15H16N2OS. The quantitative estimate of drug-likeness (QED) is 0.922. The van der Waals surface area contributed by atoms with Crippen LogP contribution in [0.4, 0.5) is 5.13 Å². The van der Waals surface area contributed by atoms with Gasteiger partial charge in [-0.2, -0.15) is 0 Å². The van der Waals surface area contributed by atoms with Crippen molar-refractivity contribution in [3.05, 3.63) is 36.0 Å². The Hall–Kier alpha value is -1.68. The zero-order valence-corrected chi connectivity index (χ0v) is 11.7. The highest BCUT2D eigenvalue weighted by Gasteiger charge is 2.26. The molecule has 0 bridgehead atoms. The summed E-state index contributed by atoms with van der Waals surface area (Å²) in [6, 6.07) is 10.2. The molecule has 1 saturated carbocycles. The average Bonchev–Trinajstić information content (AvgIpc) is 2.69. The van der Waals surface area contributed by atoms with E-state index >= 15 is 0 Å². The summed E-state index contributed by atoms with van der Waals surface area (Å²) in [4.78, 5) is 17.5. The molecule has 1 aromatic heterocycles. The average molecular weight is 272 g/mol. The van der Waals surface area contributed by atoms with Crippen molar-refractivity contribution in [1.82, 2.24) is 4.98 Å². The first kappa shape index (κ1) is 12.4. The van der Waals surface area contributed by atoms with Gasteiger partial charge in [-0.05, 0) is 25.3 Å². The van der Waals surface area contributed by atoms with Crippen LogP contribution in [0.25, 0.3) is 10.4 Å². The number of carbonyl (C=O) groups excluding carboxylic acids is 1. The number of benzene rings is 1. The molecule has 3 rings (SSSR count). The van der Waals surface area contributed by atoms with Gasteiger partial charge in [-0.3, -0.25) is 4.79 Å². The summed E-state index contributed by atoms with van der Waals surface area (Å²) in [5.41, 5.74) is 2.13. The van der Waals surface area contributed by atoms with Crippen molar-refractivity contribution in [2.75, 3.05) is 5.32 Å². The van der Waals surface area contributed by atoms with Crippen LogP contribution in [-0.4, -0.2) is 10.9 Å². The number of thiazole rings is 1. The normalized spacial score (nSPS) is 15.0. The largest absolute Gasteiger partial charge is 0.302 e. The molecule has 3 nitrogen and oxygen atoms in total. The second-order valence-corrected chi connectivity index (χ2v) is 5.92. The van der Waals surface area contributed by atoms with E-state index in [1.165, 1.54) is 6.42 Å². The van der Waals surface area contributed by atoms with Crippen LogP contribution in [0.1, 0.15) is 25.0 Å². The van der Waals surface area contributed by atoms with Crippen molar-refractivity contribution in [3.8, 4) is 10.4 Å². The molecule has 1 N–H and O–H groups in total. The number of hydrogen-bond acceptors (Lipinski definition) is 3. The first-order valence-corrected chi connectivity index (χ1v) is 7.39. The molecule has 1 aliphatic rings. The summed E-state index contributed by atoms with van der Waals surface area (Å²) in [5.74, 6) is 0.323. The number of aromatic nitrogens is 1. The fourth-order valence-corrected chi connectivity index (χ4v) is 3.16. The van der Waals surface area contributed by atoms with E-state index < -0.39 is 0 Å². The molecule has 1 fully saturated rings. The third-order valence-electron chi connectivity index (χ3n) is 3.54. The van der Waals surface area contributed by atoms with Crippen molar-refractivity contribution < 1.29 is 4.79 Å². The van der Waals surface area contributed by atoms with Gasteiger partial charge in [0, 0.05) is 5.92 Å². The van der Waals surface area contributed by atoms with Gasteiger partial charge >= 0.3 is 0 Å². The van der Waals surface area contributed by atoms with E-state index in [1.54, 1.807) is 11.3 Å². The summed E-state index contributed by atoms with van der Waals surface area (Å²) in [7, 11) is 0. The van der Waals surface area contributed by atoms with Gasteiger partial charge in [-0.15, -0.1) is 0 Å². The molecule has 0 spiro atoms. The Balaban J connectivity index is 1.79. The number of amides is 1. The summed E-state index contributed by atoms with van der Waals surface area (Å²) in [5, 5.41) is 3.66. The number of anilines is 1. The minimum absolute atomic E-state index is 0.125. The molecule has 0 radical (unpaired) electrons. The number of hydrogen-bond donors (Lipinski definition) is 1. The van der Waals surface area contributed by atoms with Gasteiger partial charge in [-0.25, -0.2) is 4.98 Å². The highest BCUT2D eigenvalue weighted by atomic mass is 32.1.